The molecule has 0 N–H and O–H groups in total. The number of nitrogens with zero attached hydrogens (tertiary/aromatic N) is 3. The monoisotopic (exact) mass is 243 g/mol. The molecule has 2 rings (SSSR count). The lowest BCUT2D eigenvalue weighted by atomic mass is 10.2. The van der Waals surface area contributed by atoms with Crippen molar-refractivity contribution >= 4 is 28.8 Å². The van der Waals surface area contributed by atoms with Gasteiger partial charge in [-0.1, -0.05) is 37.0 Å². The standard InChI is InChI=1S/C10H11Cl2N3/c1-3-6-5-13-15-9(12)7(4-2)8(11)14-10(6)15/h5H,3-4H2,1-2H3. The summed E-state index contributed by atoms with van der Waals surface area (Å²) in [5.74, 6) is 0. The molecule has 0 aliphatic rings. The Morgan fingerprint density at radius 3 is 2.60 bits per heavy atom. The number of rotatable bonds is 2. The highest BCUT2D eigenvalue weighted by Crippen LogP contribution is 2.25. The van der Waals surface area contributed by atoms with Crippen molar-refractivity contribution in [2.45, 2.75) is 26.7 Å². The van der Waals surface area contributed by atoms with Gasteiger partial charge < -0.3 is 0 Å². The van der Waals surface area contributed by atoms with Crippen LogP contribution in [0.1, 0.15) is 25.0 Å². The fourth-order valence-electron chi connectivity index (χ4n) is 1.55. The highest BCUT2D eigenvalue weighted by molar-refractivity contribution is 6.34. The first-order valence-electron chi connectivity index (χ1n) is 4.89. The van der Waals surface area contributed by atoms with Gasteiger partial charge in [-0.25, -0.2) is 9.50 Å². The predicted molar refractivity (Wildman–Crippen MR) is 61.8 cm³/mol. The average molecular weight is 244 g/mol. The molecule has 2 aromatic heterocycles. The maximum Gasteiger partial charge on any atom is 0.161 e. The SMILES string of the molecule is CCc1c(Cl)nc2c(CC)cnn2c1Cl. The Morgan fingerprint density at radius 2 is 2.00 bits per heavy atom. The molecular formula is C10H11Cl2N3. The van der Waals surface area contributed by atoms with Crippen molar-refractivity contribution in [3.8, 4) is 0 Å². The van der Waals surface area contributed by atoms with E-state index < -0.39 is 0 Å². The van der Waals surface area contributed by atoms with Crippen LogP contribution in [0, 0.1) is 0 Å². The van der Waals surface area contributed by atoms with Crippen LogP contribution in [0.25, 0.3) is 5.65 Å². The van der Waals surface area contributed by atoms with Gasteiger partial charge in [0.15, 0.2) is 5.65 Å². The Kier molecular flexibility index (Phi) is 2.85. The number of aromatic nitrogens is 3. The minimum absolute atomic E-state index is 0.477. The van der Waals surface area contributed by atoms with Crippen molar-refractivity contribution in [3.05, 3.63) is 27.6 Å². The summed E-state index contributed by atoms with van der Waals surface area (Å²) in [7, 11) is 0. The van der Waals surface area contributed by atoms with Crippen molar-refractivity contribution < 1.29 is 0 Å². The van der Waals surface area contributed by atoms with Crippen LogP contribution in [0.3, 0.4) is 0 Å². The molecule has 0 aliphatic carbocycles. The van der Waals surface area contributed by atoms with Crippen LogP contribution in [-0.2, 0) is 12.8 Å². The minimum Gasteiger partial charge on any atom is -0.216 e. The third-order valence-corrected chi connectivity index (χ3v) is 3.14. The lowest BCUT2D eigenvalue weighted by molar-refractivity contribution is 0.911. The molecule has 5 heteroatoms. The van der Waals surface area contributed by atoms with Gasteiger partial charge in [-0.15, -0.1) is 0 Å². The minimum atomic E-state index is 0.477. The Labute approximate surface area is 98.0 Å². The number of hydrogen-bond donors (Lipinski definition) is 0. The molecular weight excluding hydrogens is 233 g/mol. The van der Waals surface area contributed by atoms with Crippen molar-refractivity contribution in [3.63, 3.8) is 0 Å². The molecule has 0 radical (unpaired) electrons. The van der Waals surface area contributed by atoms with Crippen molar-refractivity contribution in [2.24, 2.45) is 0 Å². The molecule has 2 aromatic rings. The molecule has 3 nitrogen and oxygen atoms in total. The molecule has 0 saturated carbocycles. The van der Waals surface area contributed by atoms with Crippen LogP contribution in [0.15, 0.2) is 6.20 Å². The third-order valence-electron chi connectivity index (χ3n) is 2.44. The van der Waals surface area contributed by atoms with Crippen molar-refractivity contribution in [1.29, 1.82) is 0 Å². The van der Waals surface area contributed by atoms with Gasteiger partial charge in [0.2, 0.25) is 0 Å². The van der Waals surface area contributed by atoms with E-state index in [-0.39, 0.29) is 0 Å². The fraction of sp³-hybridized carbons (Fsp3) is 0.400. The van der Waals surface area contributed by atoms with Gasteiger partial charge in [0.25, 0.3) is 0 Å². The Hall–Kier alpha value is -0.800. The van der Waals surface area contributed by atoms with Gasteiger partial charge in [0.05, 0.1) is 6.20 Å². The van der Waals surface area contributed by atoms with E-state index in [0.717, 1.165) is 29.6 Å². The van der Waals surface area contributed by atoms with Gasteiger partial charge in [-0.3, -0.25) is 0 Å². The zero-order valence-electron chi connectivity index (χ0n) is 8.59. The topological polar surface area (TPSA) is 30.2 Å². The van der Waals surface area contributed by atoms with Gasteiger partial charge in [0.1, 0.15) is 10.3 Å². The predicted octanol–water partition coefficient (Wildman–Crippen LogP) is 3.16. The Balaban J connectivity index is 2.80. The Morgan fingerprint density at radius 1 is 1.27 bits per heavy atom. The zero-order chi connectivity index (χ0) is 11.0. The quantitative estimate of drug-likeness (QED) is 0.759. The molecule has 0 aromatic carbocycles. The summed E-state index contributed by atoms with van der Waals surface area (Å²) < 4.78 is 1.64. The fourth-order valence-corrected chi connectivity index (χ4v) is 2.25. The molecule has 0 atom stereocenters. The van der Waals surface area contributed by atoms with E-state index in [9.17, 15) is 0 Å². The summed E-state index contributed by atoms with van der Waals surface area (Å²) >= 11 is 12.3. The highest BCUT2D eigenvalue weighted by atomic mass is 35.5. The van der Waals surface area contributed by atoms with Crippen molar-refractivity contribution in [2.75, 3.05) is 0 Å². The molecule has 0 unspecified atom stereocenters. The summed E-state index contributed by atoms with van der Waals surface area (Å²) in [6, 6.07) is 0. The van der Waals surface area contributed by atoms with E-state index in [4.69, 9.17) is 23.2 Å². The maximum atomic E-state index is 6.19. The second kappa shape index (κ2) is 3.99. The highest BCUT2D eigenvalue weighted by Gasteiger charge is 2.13. The van der Waals surface area contributed by atoms with Crippen LogP contribution in [0.4, 0.5) is 0 Å². The Bertz CT molecular complexity index is 505. The van der Waals surface area contributed by atoms with Gasteiger partial charge in [0, 0.05) is 11.1 Å². The molecule has 0 aliphatic heterocycles. The van der Waals surface area contributed by atoms with Crippen LogP contribution < -0.4 is 0 Å². The van der Waals surface area contributed by atoms with E-state index in [1.54, 1.807) is 10.7 Å². The van der Waals surface area contributed by atoms with Crippen LogP contribution in [-0.4, -0.2) is 14.6 Å². The largest absolute Gasteiger partial charge is 0.216 e. The third kappa shape index (κ3) is 1.60. The molecule has 0 fully saturated rings. The first-order valence-corrected chi connectivity index (χ1v) is 5.65. The lowest BCUT2D eigenvalue weighted by Gasteiger charge is -2.05. The lowest BCUT2D eigenvalue weighted by Crippen LogP contribution is -1.99. The second-order valence-corrected chi connectivity index (χ2v) is 4.00. The van der Waals surface area contributed by atoms with Gasteiger partial charge in [-0.2, -0.15) is 5.10 Å². The first kappa shape index (κ1) is 10.7. The molecule has 0 amide bonds. The van der Waals surface area contributed by atoms with Gasteiger partial charge >= 0.3 is 0 Å². The normalized spacial score (nSPS) is 11.2. The smallest absolute Gasteiger partial charge is 0.161 e. The van der Waals surface area contributed by atoms with Crippen LogP contribution >= 0.6 is 23.2 Å². The number of aryl methyl sites for hydroxylation is 1. The van der Waals surface area contributed by atoms with E-state index >= 15 is 0 Å². The molecule has 15 heavy (non-hydrogen) atoms. The molecule has 0 saturated heterocycles. The maximum absolute atomic E-state index is 6.19. The van der Waals surface area contributed by atoms with Gasteiger partial charge in [-0.05, 0) is 12.8 Å². The molecule has 2 heterocycles. The van der Waals surface area contributed by atoms with E-state index in [2.05, 4.69) is 10.1 Å². The summed E-state index contributed by atoms with van der Waals surface area (Å²) in [6.45, 7) is 4.04. The molecule has 0 bridgehead atoms. The number of halogens is 2. The number of hydrogen-bond acceptors (Lipinski definition) is 2. The van der Waals surface area contributed by atoms with E-state index in [0.29, 0.717) is 10.3 Å². The summed E-state index contributed by atoms with van der Waals surface area (Å²) in [5, 5.41) is 5.24. The molecule has 80 valence electrons. The van der Waals surface area contributed by atoms with Crippen LogP contribution in [0.2, 0.25) is 10.3 Å². The second-order valence-electron chi connectivity index (χ2n) is 3.28. The zero-order valence-corrected chi connectivity index (χ0v) is 10.1. The van der Waals surface area contributed by atoms with Crippen molar-refractivity contribution in [1.82, 2.24) is 14.6 Å². The summed E-state index contributed by atoms with van der Waals surface area (Å²) in [5.41, 5.74) is 2.66. The first-order chi connectivity index (χ1) is 7.19. The average Bonchev–Trinajstić information content (AvgIpc) is 2.61. The van der Waals surface area contributed by atoms with E-state index in [1.165, 1.54) is 0 Å². The summed E-state index contributed by atoms with van der Waals surface area (Å²) in [4.78, 5) is 4.32. The number of fused-ring (bicyclic) bond motifs is 1. The summed E-state index contributed by atoms with van der Waals surface area (Å²) in [6.07, 6.45) is 3.40. The van der Waals surface area contributed by atoms with E-state index in [1.807, 2.05) is 13.8 Å². The van der Waals surface area contributed by atoms with Crippen LogP contribution in [0.5, 0.6) is 0 Å². The molecule has 0 spiro atoms.